The summed E-state index contributed by atoms with van der Waals surface area (Å²) in [5.41, 5.74) is 0.810. The first-order chi connectivity index (χ1) is 11.1. The molecule has 2 heterocycles. The summed E-state index contributed by atoms with van der Waals surface area (Å²) in [7, 11) is 0. The molecule has 2 aromatic heterocycles. The standard InChI is InChI=1S/C16H14N2O3S2/c1-3-21-16(20)14-10(2)12(9-17)15(23-14)18-13(19)7-6-11-5-4-8-22-11/h4-8H,3H2,1-2H3,(H,18,19). The second kappa shape index (κ2) is 7.72. The Morgan fingerprint density at radius 1 is 1.48 bits per heavy atom. The quantitative estimate of drug-likeness (QED) is 0.659. The minimum Gasteiger partial charge on any atom is -0.462 e. The number of ether oxygens (including phenoxy) is 1. The molecule has 0 unspecified atom stereocenters. The molecule has 2 aromatic rings. The van der Waals surface area contributed by atoms with Crippen molar-refractivity contribution >= 4 is 45.6 Å². The molecule has 0 saturated carbocycles. The van der Waals surface area contributed by atoms with E-state index in [1.165, 1.54) is 17.4 Å². The molecule has 1 N–H and O–H groups in total. The van der Waals surface area contributed by atoms with Crippen LogP contribution in [0.4, 0.5) is 5.00 Å². The molecule has 0 saturated heterocycles. The number of carbonyl (C=O) groups excluding carboxylic acids is 2. The summed E-state index contributed by atoms with van der Waals surface area (Å²) >= 11 is 2.57. The third kappa shape index (κ3) is 4.06. The van der Waals surface area contributed by atoms with Gasteiger partial charge >= 0.3 is 5.97 Å². The average Bonchev–Trinajstić information content (AvgIpc) is 3.13. The molecule has 0 fully saturated rings. The van der Waals surface area contributed by atoms with Gasteiger partial charge in [0.1, 0.15) is 15.9 Å². The molecule has 0 aliphatic heterocycles. The zero-order chi connectivity index (χ0) is 16.8. The van der Waals surface area contributed by atoms with E-state index >= 15 is 0 Å². The van der Waals surface area contributed by atoms with Crippen molar-refractivity contribution in [1.82, 2.24) is 0 Å². The van der Waals surface area contributed by atoms with Crippen LogP contribution in [-0.2, 0) is 9.53 Å². The molecule has 0 aliphatic rings. The molecule has 0 radical (unpaired) electrons. The molecule has 2 rings (SSSR count). The number of amides is 1. The van der Waals surface area contributed by atoms with Gasteiger partial charge in [0.05, 0.1) is 12.2 Å². The molecule has 0 aromatic carbocycles. The summed E-state index contributed by atoms with van der Waals surface area (Å²) in [6.07, 6.45) is 3.09. The van der Waals surface area contributed by atoms with E-state index in [-0.39, 0.29) is 18.1 Å². The fraction of sp³-hybridized carbons (Fsp3) is 0.188. The van der Waals surface area contributed by atoms with Gasteiger partial charge in [0, 0.05) is 11.0 Å². The molecule has 1 amide bonds. The van der Waals surface area contributed by atoms with Gasteiger partial charge in [-0.25, -0.2) is 4.79 Å². The van der Waals surface area contributed by atoms with Gasteiger partial charge in [-0.2, -0.15) is 5.26 Å². The smallest absolute Gasteiger partial charge is 0.348 e. The number of nitrogens with one attached hydrogen (secondary N) is 1. The van der Waals surface area contributed by atoms with E-state index < -0.39 is 5.97 Å². The third-order valence-electron chi connectivity index (χ3n) is 2.90. The topological polar surface area (TPSA) is 79.2 Å². The Bertz CT molecular complexity index is 783. The van der Waals surface area contributed by atoms with Gasteiger partial charge in [-0.1, -0.05) is 6.07 Å². The predicted octanol–water partition coefficient (Wildman–Crippen LogP) is 3.82. The summed E-state index contributed by atoms with van der Waals surface area (Å²) in [5, 5.41) is 14.2. The highest BCUT2D eigenvalue weighted by Crippen LogP contribution is 2.33. The summed E-state index contributed by atoms with van der Waals surface area (Å²) in [6, 6.07) is 5.81. The number of anilines is 1. The second-order valence-electron chi connectivity index (χ2n) is 4.43. The van der Waals surface area contributed by atoms with Crippen molar-refractivity contribution in [3.63, 3.8) is 0 Å². The third-order valence-corrected chi connectivity index (χ3v) is 4.92. The highest BCUT2D eigenvalue weighted by molar-refractivity contribution is 7.18. The highest BCUT2D eigenvalue weighted by atomic mass is 32.1. The number of rotatable bonds is 5. The largest absolute Gasteiger partial charge is 0.462 e. The number of nitrogens with zero attached hydrogens (tertiary/aromatic N) is 1. The van der Waals surface area contributed by atoms with Crippen LogP contribution in [0.5, 0.6) is 0 Å². The van der Waals surface area contributed by atoms with Gasteiger partial charge in [-0.3, -0.25) is 4.79 Å². The Morgan fingerprint density at radius 3 is 2.87 bits per heavy atom. The van der Waals surface area contributed by atoms with Crippen molar-refractivity contribution in [2.75, 3.05) is 11.9 Å². The van der Waals surface area contributed by atoms with Crippen molar-refractivity contribution in [1.29, 1.82) is 5.26 Å². The molecule has 23 heavy (non-hydrogen) atoms. The highest BCUT2D eigenvalue weighted by Gasteiger charge is 2.21. The lowest BCUT2D eigenvalue weighted by Gasteiger charge is -1.98. The maximum atomic E-state index is 12.0. The Balaban J connectivity index is 2.19. The fourth-order valence-electron chi connectivity index (χ4n) is 1.82. The molecule has 5 nitrogen and oxygen atoms in total. The first-order valence-electron chi connectivity index (χ1n) is 6.80. The molecule has 0 atom stereocenters. The lowest BCUT2D eigenvalue weighted by Crippen LogP contribution is -2.07. The van der Waals surface area contributed by atoms with Crippen LogP contribution in [0.15, 0.2) is 23.6 Å². The SMILES string of the molecule is CCOC(=O)c1sc(NC(=O)C=Cc2cccs2)c(C#N)c1C. The van der Waals surface area contributed by atoms with E-state index in [0.29, 0.717) is 15.4 Å². The summed E-state index contributed by atoms with van der Waals surface area (Å²) in [4.78, 5) is 25.1. The van der Waals surface area contributed by atoms with Gasteiger partial charge in [0.2, 0.25) is 5.91 Å². The van der Waals surface area contributed by atoms with Crippen molar-refractivity contribution < 1.29 is 14.3 Å². The molecular formula is C16H14N2O3S2. The lowest BCUT2D eigenvalue weighted by molar-refractivity contribution is -0.111. The summed E-state index contributed by atoms with van der Waals surface area (Å²) in [5.74, 6) is -0.840. The molecule has 0 spiro atoms. The number of hydrogen-bond donors (Lipinski definition) is 1. The maximum Gasteiger partial charge on any atom is 0.348 e. The minimum atomic E-state index is -0.485. The van der Waals surface area contributed by atoms with Crippen LogP contribution in [0, 0.1) is 18.3 Å². The molecule has 7 heteroatoms. The van der Waals surface area contributed by atoms with Crippen molar-refractivity contribution in [3.8, 4) is 6.07 Å². The van der Waals surface area contributed by atoms with Gasteiger partial charge in [-0.15, -0.1) is 22.7 Å². The molecule has 0 bridgehead atoms. The Hall–Kier alpha value is -2.43. The second-order valence-corrected chi connectivity index (χ2v) is 6.43. The van der Waals surface area contributed by atoms with Gasteiger partial charge in [-0.05, 0) is 36.9 Å². The van der Waals surface area contributed by atoms with E-state index in [2.05, 4.69) is 5.32 Å². The number of esters is 1. The van der Waals surface area contributed by atoms with E-state index in [0.717, 1.165) is 16.2 Å². The first-order valence-corrected chi connectivity index (χ1v) is 8.49. The first kappa shape index (κ1) is 16.9. The number of carbonyl (C=O) groups is 2. The number of hydrogen-bond acceptors (Lipinski definition) is 6. The Kier molecular flexibility index (Phi) is 5.68. The van der Waals surface area contributed by atoms with Crippen LogP contribution in [0.25, 0.3) is 6.08 Å². The average molecular weight is 346 g/mol. The zero-order valence-corrected chi connectivity index (χ0v) is 14.2. The lowest BCUT2D eigenvalue weighted by atomic mass is 10.2. The molecule has 118 valence electrons. The monoisotopic (exact) mass is 346 g/mol. The van der Waals surface area contributed by atoms with Gasteiger partial charge in [0.15, 0.2) is 0 Å². The van der Waals surface area contributed by atoms with Crippen molar-refractivity contribution in [2.45, 2.75) is 13.8 Å². The molecule has 0 aliphatic carbocycles. The summed E-state index contributed by atoms with van der Waals surface area (Å²) < 4.78 is 4.96. The van der Waals surface area contributed by atoms with E-state index in [9.17, 15) is 14.9 Å². The van der Waals surface area contributed by atoms with Crippen LogP contribution >= 0.6 is 22.7 Å². The van der Waals surface area contributed by atoms with Gasteiger partial charge < -0.3 is 10.1 Å². The van der Waals surface area contributed by atoms with Crippen molar-refractivity contribution in [2.24, 2.45) is 0 Å². The molecular weight excluding hydrogens is 332 g/mol. The van der Waals surface area contributed by atoms with Gasteiger partial charge in [0.25, 0.3) is 0 Å². The van der Waals surface area contributed by atoms with Crippen LogP contribution in [0.1, 0.15) is 32.6 Å². The number of nitriles is 1. The van der Waals surface area contributed by atoms with Crippen LogP contribution in [-0.4, -0.2) is 18.5 Å². The number of thiophene rings is 2. The Morgan fingerprint density at radius 2 is 2.26 bits per heavy atom. The fourth-order valence-corrected chi connectivity index (χ4v) is 3.50. The minimum absolute atomic E-state index is 0.253. The van der Waals surface area contributed by atoms with Crippen LogP contribution < -0.4 is 5.32 Å². The van der Waals surface area contributed by atoms with Crippen molar-refractivity contribution in [3.05, 3.63) is 44.5 Å². The zero-order valence-electron chi connectivity index (χ0n) is 12.6. The van der Waals surface area contributed by atoms with Crippen LogP contribution in [0.2, 0.25) is 0 Å². The van der Waals surface area contributed by atoms with E-state index in [4.69, 9.17) is 4.74 Å². The normalized spacial score (nSPS) is 10.5. The van der Waals surface area contributed by atoms with E-state index in [1.54, 1.807) is 19.9 Å². The Labute approximate surface area is 141 Å². The predicted molar refractivity (Wildman–Crippen MR) is 91.7 cm³/mol. The van der Waals surface area contributed by atoms with Crippen LogP contribution in [0.3, 0.4) is 0 Å². The maximum absolute atomic E-state index is 12.0. The van der Waals surface area contributed by atoms with E-state index in [1.807, 2.05) is 23.6 Å². The summed E-state index contributed by atoms with van der Waals surface area (Å²) in [6.45, 7) is 3.63.